The number of pyridine rings is 1. The number of aryl methyl sites for hydroxylation is 2. The molecular formula is C29H38BrClN6O. The number of rotatable bonds is 4. The summed E-state index contributed by atoms with van der Waals surface area (Å²) in [5.74, 6) is 0.597. The van der Waals surface area contributed by atoms with Gasteiger partial charge in [0, 0.05) is 73.9 Å². The molecule has 0 bridgehead atoms. The number of halogens is 2. The summed E-state index contributed by atoms with van der Waals surface area (Å²) in [7, 11) is 0. The maximum Gasteiger partial charge on any atom is 0.209 e. The smallest absolute Gasteiger partial charge is 0.209 e. The molecule has 1 N–H and O–H groups in total. The molecule has 0 radical (unpaired) electrons. The Morgan fingerprint density at radius 1 is 1.13 bits per heavy atom. The zero-order valence-corrected chi connectivity index (χ0v) is 24.7. The Balaban J connectivity index is 0.000000190. The van der Waals surface area contributed by atoms with E-state index >= 15 is 0 Å². The normalized spacial score (nSPS) is 20.7. The zero-order valence-electron chi connectivity index (χ0n) is 22.3. The molecule has 1 amide bonds. The third-order valence-electron chi connectivity index (χ3n) is 7.30. The number of imidazole rings is 1. The van der Waals surface area contributed by atoms with E-state index in [9.17, 15) is 4.79 Å². The van der Waals surface area contributed by atoms with Gasteiger partial charge in [0.25, 0.3) is 0 Å². The molecule has 204 valence electrons. The molecular weight excluding hydrogens is 564 g/mol. The molecule has 4 heterocycles. The maximum atomic E-state index is 10.5. The topological polar surface area (TPSA) is 66.3 Å². The molecule has 2 fully saturated rings. The zero-order chi connectivity index (χ0) is 26.9. The Morgan fingerprint density at radius 3 is 2.63 bits per heavy atom. The van der Waals surface area contributed by atoms with Crippen LogP contribution in [0.2, 0.25) is 5.02 Å². The van der Waals surface area contributed by atoms with Gasteiger partial charge in [0.2, 0.25) is 6.41 Å². The first-order chi connectivity index (χ1) is 18.6. The van der Waals surface area contributed by atoms with Crippen LogP contribution in [0.25, 0.3) is 0 Å². The first-order valence-corrected chi connectivity index (χ1v) is 14.8. The third-order valence-corrected chi connectivity index (χ3v) is 7.97. The number of carbonyl (C=O) groups is 1. The molecule has 9 heteroatoms. The highest BCUT2D eigenvalue weighted by Crippen LogP contribution is 2.37. The predicted octanol–water partition coefficient (Wildman–Crippen LogP) is 4.98. The monoisotopic (exact) mass is 600 g/mol. The van der Waals surface area contributed by atoms with Crippen LogP contribution in [-0.4, -0.2) is 70.0 Å². The Morgan fingerprint density at radius 2 is 1.92 bits per heavy atom. The van der Waals surface area contributed by atoms with Gasteiger partial charge in [0.1, 0.15) is 0 Å². The molecule has 2 aliphatic heterocycles. The van der Waals surface area contributed by atoms with E-state index < -0.39 is 0 Å². The molecule has 6 rings (SSSR count). The van der Waals surface area contributed by atoms with Gasteiger partial charge >= 0.3 is 0 Å². The molecule has 3 aromatic rings. The highest BCUT2D eigenvalue weighted by Gasteiger charge is 2.31. The highest BCUT2D eigenvalue weighted by molar-refractivity contribution is 9.10. The molecule has 1 aliphatic carbocycles. The van der Waals surface area contributed by atoms with Crippen LogP contribution < -0.4 is 5.32 Å². The lowest BCUT2D eigenvalue weighted by molar-refractivity contribution is -0.117. The van der Waals surface area contributed by atoms with E-state index in [-0.39, 0.29) is 6.04 Å². The van der Waals surface area contributed by atoms with Crippen LogP contribution in [0.15, 0.2) is 53.7 Å². The van der Waals surface area contributed by atoms with Crippen molar-refractivity contribution >= 4 is 33.9 Å². The quantitative estimate of drug-likeness (QED) is 0.428. The minimum atomic E-state index is 0.231. The second-order valence-corrected chi connectivity index (χ2v) is 11.1. The predicted molar refractivity (Wildman–Crippen MR) is 156 cm³/mol. The van der Waals surface area contributed by atoms with Crippen LogP contribution in [-0.2, 0) is 24.2 Å². The van der Waals surface area contributed by atoms with Gasteiger partial charge in [-0.3, -0.25) is 14.7 Å². The number of nitrogens with one attached hydrogen (secondary N) is 1. The summed E-state index contributed by atoms with van der Waals surface area (Å²) in [4.78, 5) is 23.6. The summed E-state index contributed by atoms with van der Waals surface area (Å²) in [5.41, 5.74) is 5.27. The van der Waals surface area contributed by atoms with E-state index in [1.54, 1.807) is 6.20 Å². The van der Waals surface area contributed by atoms with Crippen molar-refractivity contribution in [1.29, 1.82) is 0 Å². The average molecular weight is 602 g/mol. The molecule has 2 aromatic heterocycles. The van der Waals surface area contributed by atoms with Crippen molar-refractivity contribution in [2.75, 3.05) is 39.3 Å². The lowest BCUT2D eigenvalue weighted by Gasteiger charge is -2.35. The lowest BCUT2D eigenvalue weighted by atomic mass is 9.96. The Kier molecular flexibility index (Phi) is 10.8. The first-order valence-electron chi connectivity index (χ1n) is 13.6. The van der Waals surface area contributed by atoms with Crippen LogP contribution in [0.4, 0.5) is 0 Å². The van der Waals surface area contributed by atoms with E-state index in [1.807, 2.05) is 43.5 Å². The van der Waals surface area contributed by atoms with Gasteiger partial charge in [0.05, 0.1) is 18.1 Å². The van der Waals surface area contributed by atoms with Crippen molar-refractivity contribution in [3.63, 3.8) is 0 Å². The number of fused-ring (bicyclic) bond motifs is 2. The van der Waals surface area contributed by atoms with Crippen molar-refractivity contribution in [2.45, 2.75) is 45.7 Å². The van der Waals surface area contributed by atoms with Crippen molar-refractivity contribution < 1.29 is 4.79 Å². The molecule has 2 saturated heterocycles. The van der Waals surface area contributed by atoms with E-state index in [0.29, 0.717) is 5.92 Å². The largest absolute Gasteiger partial charge is 0.345 e. The average Bonchev–Trinajstić information content (AvgIpc) is 3.61. The van der Waals surface area contributed by atoms with Crippen LogP contribution in [0, 0.1) is 5.92 Å². The molecule has 3 aliphatic rings. The Hall–Kier alpha value is -2.26. The molecule has 0 saturated carbocycles. The number of hydrogen-bond acceptors (Lipinski definition) is 5. The Labute approximate surface area is 239 Å². The number of likely N-dealkylation sites (tertiary alicyclic amines) is 1. The van der Waals surface area contributed by atoms with Crippen molar-refractivity contribution in [3.8, 4) is 0 Å². The minimum absolute atomic E-state index is 0.231. The van der Waals surface area contributed by atoms with Crippen molar-refractivity contribution in [1.82, 2.24) is 29.7 Å². The fourth-order valence-corrected chi connectivity index (χ4v) is 6.10. The molecule has 38 heavy (non-hydrogen) atoms. The molecule has 2 atom stereocenters. The van der Waals surface area contributed by atoms with Gasteiger partial charge in [-0.25, -0.2) is 4.98 Å². The number of piperazine rings is 1. The Bertz CT molecular complexity index is 1110. The van der Waals surface area contributed by atoms with Gasteiger partial charge in [-0.1, -0.05) is 31.5 Å². The third kappa shape index (κ3) is 7.23. The maximum absolute atomic E-state index is 10.5. The fourth-order valence-electron chi connectivity index (χ4n) is 5.52. The second kappa shape index (κ2) is 14.2. The summed E-state index contributed by atoms with van der Waals surface area (Å²) >= 11 is 9.82. The van der Waals surface area contributed by atoms with Gasteiger partial charge < -0.3 is 14.8 Å². The number of nitrogens with zero attached hydrogens (tertiary/aromatic N) is 5. The number of amides is 1. The van der Waals surface area contributed by atoms with Crippen LogP contribution in [0.3, 0.4) is 0 Å². The van der Waals surface area contributed by atoms with Crippen LogP contribution >= 0.6 is 27.5 Å². The van der Waals surface area contributed by atoms with E-state index in [2.05, 4.69) is 53.9 Å². The molecule has 1 aromatic carbocycles. The summed E-state index contributed by atoms with van der Waals surface area (Å²) < 4.78 is 3.12. The van der Waals surface area contributed by atoms with E-state index in [1.165, 1.54) is 22.4 Å². The number of aromatic nitrogens is 3. The highest BCUT2D eigenvalue weighted by atomic mass is 79.9. The summed E-state index contributed by atoms with van der Waals surface area (Å²) in [6.07, 6.45) is 11.6. The fraction of sp³-hybridized carbons (Fsp3) is 0.483. The number of carbonyl (C=O) groups excluding carboxylic acids is 1. The standard InChI is InChI=1S/C18H19BrClN3.C9H13N3O.C2H6/c19-14-9-13-2-1-12-10-15(20)3-4-16(12)18(17(13)22-11-14)23-7-5-21-6-8-23;13-8-12-3-1-9(6-12)5-11-4-2-10-7-11;1-2/h3-4,9-11,18,21H,1-2,5-8H2;2,4,7-9H,1,3,5-6H2;1-2H3/t;9-;/m.0./s1. The van der Waals surface area contributed by atoms with Gasteiger partial charge in [-0.05, 0) is 76.0 Å². The molecule has 1 unspecified atom stereocenters. The van der Waals surface area contributed by atoms with Crippen molar-refractivity contribution in [2.24, 2.45) is 5.92 Å². The molecule has 0 spiro atoms. The van der Waals surface area contributed by atoms with E-state index in [4.69, 9.17) is 16.6 Å². The van der Waals surface area contributed by atoms with Crippen molar-refractivity contribution in [3.05, 3.63) is 81.1 Å². The number of benzene rings is 1. The minimum Gasteiger partial charge on any atom is -0.345 e. The SMILES string of the molecule is CC.Clc1ccc2c(c1)CCc1cc(Br)cnc1C2N1CCNCC1.O=CN1CC[C@@H](Cn2ccnc2)C1. The molecule has 7 nitrogen and oxygen atoms in total. The van der Waals surface area contributed by atoms with Gasteiger partial charge in [-0.2, -0.15) is 0 Å². The van der Waals surface area contributed by atoms with Gasteiger partial charge in [-0.15, -0.1) is 0 Å². The summed E-state index contributed by atoms with van der Waals surface area (Å²) in [5, 5.41) is 4.27. The van der Waals surface area contributed by atoms with Crippen LogP contribution in [0.5, 0.6) is 0 Å². The van der Waals surface area contributed by atoms with E-state index in [0.717, 1.165) is 81.0 Å². The van der Waals surface area contributed by atoms with Crippen LogP contribution in [0.1, 0.15) is 48.7 Å². The number of hydrogen-bond donors (Lipinski definition) is 1. The van der Waals surface area contributed by atoms with Gasteiger partial charge in [0.15, 0.2) is 0 Å². The first kappa shape index (κ1) is 28.7. The second-order valence-electron chi connectivity index (χ2n) is 9.74. The summed E-state index contributed by atoms with van der Waals surface area (Å²) in [6.45, 7) is 10.9. The lowest BCUT2D eigenvalue weighted by Crippen LogP contribution is -2.45. The summed E-state index contributed by atoms with van der Waals surface area (Å²) in [6, 6.07) is 8.80.